The Bertz CT molecular complexity index is 869. The number of ether oxygens (including phenoxy) is 1. The number of halogens is 3. The molecule has 30 heavy (non-hydrogen) atoms. The molecule has 0 heterocycles. The summed E-state index contributed by atoms with van der Waals surface area (Å²) in [5.41, 5.74) is 0.577. The average Bonchev–Trinajstić information content (AvgIpc) is 2.67. The van der Waals surface area contributed by atoms with Gasteiger partial charge in [0.1, 0.15) is 11.8 Å². The van der Waals surface area contributed by atoms with Gasteiger partial charge in [-0.25, -0.2) is 0 Å². The van der Waals surface area contributed by atoms with Crippen LogP contribution in [0.3, 0.4) is 0 Å². The van der Waals surface area contributed by atoms with Gasteiger partial charge in [-0.1, -0.05) is 53.9 Å². The van der Waals surface area contributed by atoms with Gasteiger partial charge in [0.05, 0.1) is 0 Å². The molecule has 2 aromatic carbocycles. The molecule has 162 valence electrons. The number of carbonyl (C=O) groups excluding carboxylic acids is 2. The molecule has 0 saturated heterocycles. The molecule has 0 radical (unpaired) electrons. The van der Waals surface area contributed by atoms with Crippen molar-refractivity contribution in [2.24, 2.45) is 0 Å². The third-order valence-corrected chi connectivity index (χ3v) is 5.31. The fourth-order valence-corrected chi connectivity index (χ4v) is 3.64. The average molecular weight is 472 g/mol. The summed E-state index contributed by atoms with van der Waals surface area (Å²) >= 11 is 18.6. The molecular weight excluding hydrogens is 447 g/mol. The Balaban J connectivity index is 2.28. The lowest BCUT2D eigenvalue weighted by Crippen LogP contribution is -2.51. The third kappa shape index (κ3) is 6.79. The summed E-state index contributed by atoms with van der Waals surface area (Å²) in [6, 6.07) is 11.1. The molecule has 0 aliphatic carbocycles. The second kappa shape index (κ2) is 11.4. The molecule has 2 rings (SSSR count). The molecule has 0 fully saturated rings. The fourth-order valence-electron chi connectivity index (χ4n) is 2.94. The predicted octanol–water partition coefficient (Wildman–Crippen LogP) is 5.36. The number of benzene rings is 2. The van der Waals surface area contributed by atoms with Crippen LogP contribution in [0.2, 0.25) is 15.1 Å². The van der Waals surface area contributed by atoms with Gasteiger partial charge >= 0.3 is 0 Å². The van der Waals surface area contributed by atoms with E-state index in [0.29, 0.717) is 32.8 Å². The largest absolute Gasteiger partial charge is 0.484 e. The van der Waals surface area contributed by atoms with Gasteiger partial charge in [-0.15, -0.1) is 0 Å². The lowest BCUT2D eigenvalue weighted by Gasteiger charge is -2.31. The number of nitrogens with one attached hydrogen (secondary N) is 1. The number of hydrogen-bond donors (Lipinski definition) is 1. The summed E-state index contributed by atoms with van der Waals surface area (Å²) in [7, 11) is 0. The van der Waals surface area contributed by atoms with Gasteiger partial charge in [0.25, 0.3) is 5.91 Å². The van der Waals surface area contributed by atoms with Crippen LogP contribution in [0.25, 0.3) is 0 Å². The van der Waals surface area contributed by atoms with E-state index in [1.54, 1.807) is 42.5 Å². The fraction of sp³-hybridized carbons (Fsp3) is 0.364. The minimum atomic E-state index is -0.699. The number of amides is 2. The highest BCUT2D eigenvalue weighted by molar-refractivity contribution is 6.36. The van der Waals surface area contributed by atoms with Crippen molar-refractivity contribution >= 4 is 46.6 Å². The molecule has 1 unspecified atom stereocenters. The third-order valence-electron chi connectivity index (χ3n) is 4.37. The van der Waals surface area contributed by atoms with Crippen molar-refractivity contribution in [2.45, 2.75) is 45.8 Å². The van der Waals surface area contributed by atoms with E-state index in [2.05, 4.69) is 5.32 Å². The smallest absolute Gasteiger partial charge is 0.261 e. The Morgan fingerprint density at radius 3 is 2.27 bits per heavy atom. The maximum Gasteiger partial charge on any atom is 0.261 e. The van der Waals surface area contributed by atoms with E-state index < -0.39 is 6.04 Å². The van der Waals surface area contributed by atoms with Crippen molar-refractivity contribution in [2.75, 3.05) is 6.61 Å². The van der Waals surface area contributed by atoms with Crippen molar-refractivity contribution in [3.05, 3.63) is 63.1 Å². The zero-order valence-electron chi connectivity index (χ0n) is 17.1. The van der Waals surface area contributed by atoms with E-state index in [4.69, 9.17) is 39.5 Å². The zero-order chi connectivity index (χ0) is 22.3. The molecule has 2 amide bonds. The van der Waals surface area contributed by atoms with Gasteiger partial charge < -0.3 is 15.0 Å². The molecule has 0 aliphatic rings. The van der Waals surface area contributed by atoms with Crippen LogP contribution in [0.1, 0.15) is 32.8 Å². The molecule has 0 spiro atoms. The summed E-state index contributed by atoms with van der Waals surface area (Å²) < 4.78 is 5.61. The first-order valence-electron chi connectivity index (χ1n) is 9.64. The SMILES string of the molecule is CCC(C(=O)NC(C)C)N(Cc1c(Cl)cccc1Cl)C(=O)COc1cccc(Cl)c1. The molecule has 8 heteroatoms. The first-order chi connectivity index (χ1) is 14.2. The van der Waals surface area contributed by atoms with Crippen LogP contribution >= 0.6 is 34.8 Å². The van der Waals surface area contributed by atoms with Crippen molar-refractivity contribution in [1.29, 1.82) is 0 Å². The van der Waals surface area contributed by atoms with Crippen molar-refractivity contribution in [3.8, 4) is 5.75 Å². The second-order valence-corrected chi connectivity index (χ2v) is 8.31. The highest BCUT2D eigenvalue weighted by Gasteiger charge is 2.30. The van der Waals surface area contributed by atoms with Gasteiger partial charge in [-0.2, -0.15) is 0 Å². The van der Waals surface area contributed by atoms with Crippen LogP contribution in [-0.4, -0.2) is 35.4 Å². The summed E-state index contributed by atoms with van der Waals surface area (Å²) in [4.78, 5) is 27.4. The molecule has 0 bridgehead atoms. The Hall–Kier alpha value is -1.95. The number of carbonyl (C=O) groups is 2. The highest BCUT2D eigenvalue weighted by atomic mass is 35.5. The Labute approximate surface area is 192 Å². The summed E-state index contributed by atoms with van der Waals surface area (Å²) in [5, 5.41) is 4.22. The number of rotatable bonds is 9. The molecule has 0 aliphatic heterocycles. The maximum absolute atomic E-state index is 13.1. The first-order valence-corrected chi connectivity index (χ1v) is 10.8. The molecule has 5 nitrogen and oxygen atoms in total. The van der Waals surface area contributed by atoms with E-state index in [9.17, 15) is 9.59 Å². The Morgan fingerprint density at radius 2 is 1.70 bits per heavy atom. The van der Waals surface area contributed by atoms with E-state index in [0.717, 1.165) is 0 Å². The molecule has 2 aromatic rings. The summed E-state index contributed by atoms with van der Waals surface area (Å²) in [5.74, 6) is -0.144. The van der Waals surface area contributed by atoms with Crippen LogP contribution in [0.15, 0.2) is 42.5 Å². The monoisotopic (exact) mass is 470 g/mol. The Morgan fingerprint density at radius 1 is 1.07 bits per heavy atom. The standard InChI is InChI=1S/C22H25Cl3N2O3/c1-4-20(22(29)26-14(2)3)27(12-17-18(24)9-6-10-19(17)25)21(28)13-30-16-8-5-7-15(23)11-16/h5-11,14,20H,4,12-13H2,1-3H3,(H,26,29). The molecule has 0 aromatic heterocycles. The maximum atomic E-state index is 13.1. The van der Waals surface area contributed by atoms with Gasteiger partial charge in [0.15, 0.2) is 6.61 Å². The van der Waals surface area contributed by atoms with Crippen LogP contribution < -0.4 is 10.1 Å². The molecule has 1 atom stereocenters. The minimum Gasteiger partial charge on any atom is -0.484 e. The lowest BCUT2D eigenvalue weighted by molar-refractivity contribution is -0.143. The van der Waals surface area contributed by atoms with Crippen molar-refractivity contribution in [3.63, 3.8) is 0 Å². The van der Waals surface area contributed by atoms with Crippen LogP contribution in [-0.2, 0) is 16.1 Å². The van der Waals surface area contributed by atoms with E-state index in [-0.39, 0.29) is 31.0 Å². The first kappa shape index (κ1) is 24.3. The Kier molecular flexibility index (Phi) is 9.28. The van der Waals surface area contributed by atoms with Gasteiger partial charge in [-0.3, -0.25) is 9.59 Å². The van der Waals surface area contributed by atoms with Crippen molar-refractivity contribution in [1.82, 2.24) is 10.2 Å². The van der Waals surface area contributed by atoms with E-state index >= 15 is 0 Å². The van der Waals surface area contributed by atoms with Crippen molar-refractivity contribution < 1.29 is 14.3 Å². The number of nitrogens with zero attached hydrogens (tertiary/aromatic N) is 1. The molecule has 1 N–H and O–H groups in total. The topological polar surface area (TPSA) is 58.6 Å². The zero-order valence-corrected chi connectivity index (χ0v) is 19.4. The normalized spacial score (nSPS) is 11.8. The van der Waals surface area contributed by atoms with Crippen LogP contribution in [0.4, 0.5) is 0 Å². The van der Waals surface area contributed by atoms with Crippen LogP contribution in [0, 0.1) is 0 Å². The van der Waals surface area contributed by atoms with E-state index in [1.165, 1.54) is 4.90 Å². The predicted molar refractivity (Wildman–Crippen MR) is 121 cm³/mol. The quantitative estimate of drug-likeness (QED) is 0.536. The molecular formula is C22H25Cl3N2O3. The van der Waals surface area contributed by atoms with Gasteiger partial charge in [0, 0.05) is 33.2 Å². The summed E-state index contributed by atoms with van der Waals surface area (Å²) in [6.45, 7) is 5.40. The highest BCUT2D eigenvalue weighted by Crippen LogP contribution is 2.27. The van der Waals surface area contributed by atoms with Crippen LogP contribution in [0.5, 0.6) is 5.75 Å². The molecule has 0 saturated carbocycles. The van der Waals surface area contributed by atoms with E-state index in [1.807, 2.05) is 20.8 Å². The van der Waals surface area contributed by atoms with Gasteiger partial charge in [0.2, 0.25) is 5.91 Å². The minimum absolute atomic E-state index is 0.0601. The number of hydrogen-bond acceptors (Lipinski definition) is 3. The summed E-state index contributed by atoms with van der Waals surface area (Å²) in [6.07, 6.45) is 0.420. The second-order valence-electron chi connectivity index (χ2n) is 7.06. The lowest BCUT2D eigenvalue weighted by atomic mass is 10.1. The van der Waals surface area contributed by atoms with Gasteiger partial charge in [-0.05, 0) is 50.6 Å².